The van der Waals surface area contributed by atoms with Gasteiger partial charge in [-0.15, -0.1) is 10.2 Å². The van der Waals surface area contributed by atoms with E-state index in [4.69, 9.17) is 9.15 Å². The Bertz CT molecular complexity index is 907. The number of carbonyl (C=O) groups is 1. The molecule has 0 bridgehead atoms. The molecule has 134 valence electrons. The fourth-order valence-electron chi connectivity index (χ4n) is 2.20. The molecule has 0 fully saturated rings. The minimum Gasteiger partial charge on any atom is -0.449 e. The highest BCUT2D eigenvalue weighted by atomic mass is 19.4. The standard InChI is InChI=1S/C18H13F3N2O3/c1-11(15-22-23-16(26-15)12-6-3-2-4-7-12)25-17(24)13-8-5-9-14(10-13)18(19,20)21/h2-11H,1H3/t11-/m1/s1. The van der Waals surface area contributed by atoms with Crippen LogP contribution in [-0.4, -0.2) is 16.2 Å². The summed E-state index contributed by atoms with van der Waals surface area (Å²) in [7, 11) is 0. The SMILES string of the molecule is C[C@@H](OC(=O)c1cccc(C(F)(F)F)c1)c1nnc(-c2ccccc2)o1. The van der Waals surface area contributed by atoms with Crippen LogP contribution in [0.25, 0.3) is 11.5 Å². The Morgan fingerprint density at radius 3 is 2.50 bits per heavy atom. The van der Waals surface area contributed by atoms with Gasteiger partial charge < -0.3 is 9.15 Å². The molecule has 8 heteroatoms. The second-order valence-corrected chi connectivity index (χ2v) is 5.44. The maximum Gasteiger partial charge on any atom is 0.416 e. The summed E-state index contributed by atoms with van der Waals surface area (Å²) in [6.45, 7) is 1.49. The normalized spacial score (nSPS) is 12.6. The Hall–Kier alpha value is -3.16. The van der Waals surface area contributed by atoms with Crippen LogP contribution in [-0.2, 0) is 10.9 Å². The van der Waals surface area contributed by atoms with E-state index in [1.54, 1.807) is 24.3 Å². The van der Waals surface area contributed by atoms with Gasteiger partial charge in [0.1, 0.15) is 0 Å². The zero-order valence-corrected chi connectivity index (χ0v) is 13.5. The molecule has 0 aliphatic carbocycles. The minimum absolute atomic E-state index is 0.0455. The minimum atomic E-state index is -4.54. The maximum atomic E-state index is 12.7. The van der Waals surface area contributed by atoms with Gasteiger partial charge in [-0.2, -0.15) is 13.2 Å². The van der Waals surface area contributed by atoms with Crippen molar-refractivity contribution >= 4 is 5.97 Å². The number of ether oxygens (including phenoxy) is 1. The van der Waals surface area contributed by atoms with E-state index in [9.17, 15) is 18.0 Å². The van der Waals surface area contributed by atoms with Gasteiger partial charge >= 0.3 is 12.1 Å². The van der Waals surface area contributed by atoms with E-state index in [0.717, 1.165) is 18.2 Å². The Morgan fingerprint density at radius 2 is 1.81 bits per heavy atom. The number of nitrogens with zero attached hydrogens (tertiary/aromatic N) is 2. The van der Waals surface area contributed by atoms with E-state index >= 15 is 0 Å². The number of alkyl halides is 3. The fraction of sp³-hybridized carbons (Fsp3) is 0.167. The van der Waals surface area contributed by atoms with Gasteiger partial charge in [0.25, 0.3) is 5.89 Å². The summed E-state index contributed by atoms with van der Waals surface area (Å²) >= 11 is 0. The first-order valence-corrected chi connectivity index (χ1v) is 7.61. The summed E-state index contributed by atoms with van der Waals surface area (Å²) in [6.07, 6.45) is -5.46. The second kappa shape index (κ2) is 6.99. The molecule has 1 atom stereocenters. The van der Waals surface area contributed by atoms with Crippen molar-refractivity contribution in [2.75, 3.05) is 0 Å². The van der Waals surface area contributed by atoms with Crippen molar-refractivity contribution in [2.45, 2.75) is 19.2 Å². The van der Waals surface area contributed by atoms with Gasteiger partial charge in [0.05, 0.1) is 11.1 Å². The molecule has 2 aromatic carbocycles. The van der Waals surface area contributed by atoms with Gasteiger partial charge in [0, 0.05) is 5.56 Å². The van der Waals surface area contributed by atoms with E-state index in [-0.39, 0.29) is 17.3 Å². The second-order valence-electron chi connectivity index (χ2n) is 5.44. The number of rotatable bonds is 4. The van der Waals surface area contributed by atoms with Crippen LogP contribution in [0.3, 0.4) is 0 Å². The Kier molecular flexibility index (Phi) is 4.75. The molecule has 3 aromatic rings. The predicted molar refractivity (Wildman–Crippen MR) is 85.0 cm³/mol. The average molecular weight is 362 g/mol. The lowest BCUT2D eigenvalue weighted by molar-refractivity contribution is -0.137. The molecule has 0 saturated carbocycles. The average Bonchev–Trinajstić information content (AvgIpc) is 3.12. The van der Waals surface area contributed by atoms with Crippen LogP contribution in [0.5, 0.6) is 0 Å². The number of carbonyl (C=O) groups excluding carboxylic acids is 1. The van der Waals surface area contributed by atoms with Gasteiger partial charge in [0.15, 0.2) is 6.10 Å². The molecule has 1 heterocycles. The predicted octanol–water partition coefficient (Wildman–Crippen LogP) is 4.67. The first-order valence-electron chi connectivity index (χ1n) is 7.61. The molecule has 0 amide bonds. The third kappa shape index (κ3) is 3.90. The molecule has 1 aromatic heterocycles. The summed E-state index contributed by atoms with van der Waals surface area (Å²) in [4.78, 5) is 12.1. The largest absolute Gasteiger partial charge is 0.449 e. The van der Waals surface area contributed by atoms with Crippen LogP contribution in [0, 0.1) is 0 Å². The third-order valence-electron chi connectivity index (χ3n) is 3.52. The van der Waals surface area contributed by atoms with Gasteiger partial charge in [-0.05, 0) is 37.3 Å². The summed E-state index contributed by atoms with van der Waals surface area (Å²) in [5.41, 5.74) is -0.444. The van der Waals surface area contributed by atoms with Crippen LogP contribution >= 0.6 is 0 Å². The number of hydrogen-bond acceptors (Lipinski definition) is 5. The molecular formula is C18H13F3N2O3. The highest BCUT2D eigenvalue weighted by Gasteiger charge is 2.31. The molecule has 3 rings (SSSR count). The lowest BCUT2D eigenvalue weighted by Gasteiger charge is -2.11. The molecule has 5 nitrogen and oxygen atoms in total. The van der Waals surface area contributed by atoms with Gasteiger partial charge in [0.2, 0.25) is 5.89 Å². The Balaban J connectivity index is 1.73. The van der Waals surface area contributed by atoms with Crippen molar-refractivity contribution in [3.05, 3.63) is 71.6 Å². The molecule has 0 aliphatic rings. The van der Waals surface area contributed by atoms with E-state index in [0.29, 0.717) is 5.56 Å². The topological polar surface area (TPSA) is 65.2 Å². The zero-order chi connectivity index (χ0) is 18.7. The molecule has 26 heavy (non-hydrogen) atoms. The van der Waals surface area contributed by atoms with E-state index < -0.39 is 23.8 Å². The lowest BCUT2D eigenvalue weighted by Crippen LogP contribution is -2.12. The monoisotopic (exact) mass is 362 g/mol. The highest BCUT2D eigenvalue weighted by Crippen LogP contribution is 2.30. The van der Waals surface area contributed by atoms with Crippen LogP contribution < -0.4 is 0 Å². The number of esters is 1. The maximum absolute atomic E-state index is 12.7. The summed E-state index contributed by atoms with van der Waals surface area (Å²) in [6, 6.07) is 13.0. The van der Waals surface area contributed by atoms with E-state index in [1.807, 2.05) is 6.07 Å². The number of benzene rings is 2. The van der Waals surface area contributed by atoms with Crippen molar-refractivity contribution in [1.29, 1.82) is 0 Å². The summed E-state index contributed by atoms with van der Waals surface area (Å²) < 4.78 is 48.8. The molecule has 0 saturated heterocycles. The van der Waals surface area contributed by atoms with Crippen LogP contribution in [0.15, 0.2) is 59.0 Å². The zero-order valence-electron chi connectivity index (χ0n) is 13.5. The Morgan fingerprint density at radius 1 is 1.08 bits per heavy atom. The number of aromatic nitrogens is 2. The number of hydrogen-bond donors (Lipinski definition) is 0. The van der Waals surface area contributed by atoms with E-state index in [1.165, 1.54) is 13.0 Å². The lowest BCUT2D eigenvalue weighted by atomic mass is 10.1. The molecule has 0 unspecified atom stereocenters. The Labute approximate surface area is 146 Å². The smallest absolute Gasteiger partial charge is 0.416 e. The number of halogens is 3. The fourth-order valence-corrected chi connectivity index (χ4v) is 2.20. The van der Waals surface area contributed by atoms with Crippen LogP contribution in [0.4, 0.5) is 13.2 Å². The molecule has 0 radical (unpaired) electrons. The van der Waals surface area contributed by atoms with Crippen LogP contribution in [0.2, 0.25) is 0 Å². The molecular weight excluding hydrogens is 349 g/mol. The first-order chi connectivity index (χ1) is 12.3. The van der Waals surface area contributed by atoms with Crippen molar-refractivity contribution in [2.24, 2.45) is 0 Å². The van der Waals surface area contributed by atoms with Crippen molar-refractivity contribution in [3.63, 3.8) is 0 Å². The van der Waals surface area contributed by atoms with Crippen molar-refractivity contribution < 1.29 is 27.1 Å². The summed E-state index contributed by atoms with van der Waals surface area (Å²) in [5.74, 6) is -0.616. The van der Waals surface area contributed by atoms with Gasteiger partial charge in [-0.1, -0.05) is 24.3 Å². The summed E-state index contributed by atoms with van der Waals surface area (Å²) in [5, 5.41) is 7.70. The highest BCUT2D eigenvalue weighted by molar-refractivity contribution is 5.89. The van der Waals surface area contributed by atoms with Gasteiger partial charge in [-0.3, -0.25) is 0 Å². The van der Waals surface area contributed by atoms with Crippen molar-refractivity contribution in [3.8, 4) is 11.5 Å². The molecule has 0 aliphatic heterocycles. The molecule has 0 spiro atoms. The van der Waals surface area contributed by atoms with Crippen molar-refractivity contribution in [1.82, 2.24) is 10.2 Å². The van der Waals surface area contributed by atoms with Crippen LogP contribution in [0.1, 0.15) is 34.8 Å². The van der Waals surface area contributed by atoms with Gasteiger partial charge in [-0.25, -0.2) is 4.79 Å². The third-order valence-corrected chi connectivity index (χ3v) is 3.52. The first kappa shape index (κ1) is 17.7. The van der Waals surface area contributed by atoms with E-state index in [2.05, 4.69) is 10.2 Å². The molecule has 0 N–H and O–H groups in total. The quantitative estimate of drug-likeness (QED) is 0.631.